The van der Waals surface area contributed by atoms with E-state index in [0.717, 1.165) is 13.1 Å². The van der Waals surface area contributed by atoms with Crippen LogP contribution in [0.15, 0.2) is 33.7 Å². The number of nitrogens with zero attached hydrogens (tertiary/aromatic N) is 2. The first-order chi connectivity index (χ1) is 12.3. The van der Waals surface area contributed by atoms with Gasteiger partial charge in [0.15, 0.2) is 0 Å². The standard InChI is InChI=1S/C17H22N4O4S/c1-12-16(13(2)25-19-12)17(22)18-14-4-6-15(7-5-14)26(23,24)21-10-8-20(3)9-11-21/h4-7H,8-11H2,1-3H3,(H,18,22)/p+1. The number of nitrogens with one attached hydrogen (secondary N) is 2. The summed E-state index contributed by atoms with van der Waals surface area (Å²) in [6.45, 7) is 5.98. The number of quaternary nitrogens is 1. The summed E-state index contributed by atoms with van der Waals surface area (Å²) in [6, 6.07) is 6.21. The molecule has 1 aromatic carbocycles. The van der Waals surface area contributed by atoms with E-state index in [-0.39, 0.29) is 10.8 Å². The molecule has 0 spiro atoms. The van der Waals surface area contributed by atoms with Crippen molar-refractivity contribution in [2.24, 2.45) is 0 Å². The molecule has 1 aliphatic heterocycles. The summed E-state index contributed by atoms with van der Waals surface area (Å²) in [6.07, 6.45) is 0. The van der Waals surface area contributed by atoms with Crippen molar-refractivity contribution in [2.75, 3.05) is 38.5 Å². The Kier molecular flexibility index (Phi) is 5.12. The summed E-state index contributed by atoms with van der Waals surface area (Å²) in [5.74, 6) is 0.107. The molecule has 1 fully saturated rings. The maximum atomic E-state index is 12.7. The molecule has 0 radical (unpaired) electrons. The van der Waals surface area contributed by atoms with Crippen LogP contribution in [0.5, 0.6) is 0 Å². The Morgan fingerprint density at radius 3 is 2.35 bits per heavy atom. The summed E-state index contributed by atoms with van der Waals surface area (Å²) in [5.41, 5.74) is 1.41. The van der Waals surface area contributed by atoms with Gasteiger partial charge in [0.1, 0.15) is 11.3 Å². The number of rotatable bonds is 4. The molecule has 3 rings (SSSR count). The normalized spacial score (nSPS) is 16.6. The molecule has 2 N–H and O–H groups in total. The van der Waals surface area contributed by atoms with Crippen LogP contribution in [0.2, 0.25) is 0 Å². The number of likely N-dealkylation sites (N-methyl/N-ethyl adjacent to an activating group) is 1. The lowest BCUT2D eigenvalue weighted by atomic mass is 10.2. The van der Waals surface area contributed by atoms with Gasteiger partial charge in [0.25, 0.3) is 5.91 Å². The third-order valence-electron chi connectivity index (χ3n) is 4.59. The number of aryl methyl sites for hydroxylation is 2. The summed E-state index contributed by atoms with van der Waals surface area (Å²) in [7, 11) is -1.45. The van der Waals surface area contributed by atoms with Gasteiger partial charge >= 0.3 is 0 Å². The van der Waals surface area contributed by atoms with Gasteiger partial charge in [-0.05, 0) is 38.1 Å². The maximum absolute atomic E-state index is 12.7. The van der Waals surface area contributed by atoms with Crippen LogP contribution in [0, 0.1) is 13.8 Å². The molecule has 9 heteroatoms. The number of carbonyl (C=O) groups is 1. The molecule has 1 saturated heterocycles. The SMILES string of the molecule is Cc1noc(C)c1C(=O)Nc1ccc(S(=O)(=O)N2CC[NH+](C)CC2)cc1. The number of anilines is 1. The van der Waals surface area contributed by atoms with E-state index in [1.165, 1.54) is 21.3 Å². The number of hydrogen-bond donors (Lipinski definition) is 2. The molecule has 1 aliphatic rings. The summed E-state index contributed by atoms with van der Waals surface area (Å²) in [4.78, 5) is 13.9. The molecule has 2 heterocycles. The van der Waals surface area contributed by atoms with Crippen LogP contribution in [0.1, 0.15) is 21.8 Å². The lowest BCUT2D eigenvalue weighted by Gasteiger charge is -2.29. The number of hydrogen-bond acceptors (Lipinski definition) is 5. The predicted molar refractivity (Wildman–Crippen MR) is 95.8 cm³/mol. The van der Waals surface area contributed by atoms with Gasteiger partial charge in [-0.3, -0.25) is 4.79 Å². The Hall–Kier alpha value is -2.23. The zero-order valence-corrected chi connectivity index (χ0v) is 15.9. The van der Waals surface area contributed by atoms with E-state index in [1.54, 1.807) is 26.0 Å². The minimum absolute atomic E-state index is 0.229. The second-order valence-corrected chi connectivity index (χ2v) is 8.48. The van der Waals surface area contributed by atoms with Gasteiger partial charge in [-0.2, -0.15) is 4.31 Å². The van der Waals surface area contributed by atoms with E-state index >= 15 is 0 Å². The topological polar surface area (TPSA) is 97.0 Å². The first-order valence-electron chi connectivity index (χ1n) is 8.45. The minimum Gasteiger partial charge on any atom is -0.361 e. The van der Waals surface area contributed by atoms with Crippen molar-refractivity contribution in [1.82, 2.24) is 9.46 Å². The lowest BCUT2D eigenvalue weighted by Crippen LogP contribution is -3.12. The largest absolute Gasteiger partial charge is 0.361 e. The first-order valence-corrected chi connectivity index (χ1v) is 9.89. The molecule has 0 bridgehead atoms. The molecule has 1 amide bonds. The Labute approximate surface area is 152 Å². The van der Waals surface area contributed by atoms with Crippen LogP contribution >= 0.6 is 0 Å². The molecule has 0 aliphatic carbocycles. The van der Waals surface area contributed by atoms with Crippen LogP contribution in [0.25, 0.3) is 0 Å². The van der Waals surface area contributed by atoms with Gasteiger partial charge in [0.2, 0.25) is 10.0 Å². The number of aromatic nitrogens is 1. The number of sulfonamides is 1. The predicted octanol–water partition coefficient (Wildman–Crippen LogP) is 0.0627. The van der Waals surface area contributed by atoms with Crippen LogP contribution < -0.4 is 10.2 Å². The molecule has 8 nitrogen and oxygen atoms in total. The van der Waals surface area contributed by atoms with Crippen molar-refractivity contribution in [3.63, 3.8) is 0 Å². The Bertz CT molecular complexity index is 878. The van der Waals surface area contributed by atoms with E-state index < -0.39 is 10.0 Å². The summed E-state index contributed by atoms with van der Waals surface area (Å²) < 4.78 is 31.9. The van der Waals surface area contributed by atoms with Crippen LogP contribution in [0.3, 0.4) is 0 Å². The molecule has 140 valence electrons. The van der Waals surface area contributed by atoms with Crippen LogP contribution in [-0.4, -0.2) is 57.0 Å². The average molecular weight is 379 g/mol. The number of benzene rings is 1. The second kappa shape index (κ2) is 7.18. The van der Waals surface area contributed by atoms with Crippen molar-refractivity contribution in [2.45, 2.75) is 18.7 Å². The quantitative estimate of drug-likeness (QED) is 0.783. The van der Waals surface area contributed by atoms with Gasteiger partial charge in [0.05, 0.1) is 43.8 Å². The van der Waals surface area contributed by atoms with Crippen LogP contribution in [0.4, 0.5) is 5.69 Å². The van der Waals surface area contributed by atoms with E-state index in [0.29, 0.717) is 35.8 Å². The average Bonchev–Trinajstić information content (AvgIpc) is 2.94. The Morgan fingerprint density at radius 1 is 1.19 bits per heavy atom. The lowest BCUT2D eigenvalue weighted by molar-refractivity contribution is -0.883. The Morgan fingerprint density at radius 2 is 1.81 bits per heavy atom. The molecule has 0 saturated carbocycles. The molecule has 26 heavy (non-hydrogen) atoms. The van der Waals surface area contributed by atoms with E-state index in [2.05, 4.69) is 17.5 Å². The highest BCUT2D eigenvalue weighted by Gasteiger charge is 2.29. The van der Waals surface area contributed by atoms with Gasteiger partial charge in [0, 0.05) is 5.69 Å². The minimum atomic E-state index is -3.51. The zero-order chi connectivity index (χ0) is 18.9. The van der Waals surface area contributed by atoms with Crippen molar-refractivity contribution >= 4 is 21.6 Å². The zero-order valence-electron chi connectivity index (χ0n) is 15.1. The highest BCUT2D eigenvalue weighted by Crippen LogP contribution is 2.20. The van der Waals surface area contributed by atoms with E-state index in [1.807, 2.05) is 0 Å². The highest BCUT2D eigenvalue weighted by molar-refractivity contribution is 7.89. The molecule has 2 aromatic rings. The fraction of sp³-hybridized carbons (Fsp3) is 0.412. The summed E-state index contributed by atoms with van der Waals surface area (Å²) in [5, 5.41) is 6.50. The molecule has 1 aromatic heterocycles. The fourth-order valence-electron chi connectivity index (χ4n) is 2.97. The molecular weight excluding hydrogens is 356 g/mol. The van der Waals surface area contributed by atoms with Crippen molar-refractivity contribution in [3.8, 4) is 0 Å². The maximum Gasteiger partial charge on any atom is 0.261 e. The van der Waals surface area contributed by atoms with Gasteiger partial charge < -0.3 is 14.7 Å². The number of carbonyl (C=O) groups excluding carboxylic acids is 1. The van der Waals surface area contributed by atoms with Crippen LogP contribution in [-0.2, 0) is 10.0 Å². The van der Waals surface area contributed by atoms with Gasteiger partial charge in [-0.15, -0.1) is 0 Å². The van der Waals surface area contributed by atoms with Crippen molar-refractivity contribution in [1.29, 1.82) is 0 Å². The molecule has 0 atom stereocenters. The highest BCUT2D eigenvalue weighted by atomic mass is 32.2. The van der Waals surface area contributed by atoms with Crippen molar-refractivity contribution < 1.29 is 22.6 Å². The molecular formula is C17H23N4O4S+. The monoisotopic (exact) mass is 379 g/mol. The smallest absolute Gasteiger partial charge is 0.261 e. The van der Waals surface area contributed by atoms with Gasteiger partial charge in [-0.25, -0.2) is 8.42 Å². The third kappa shape index (κ3) is 3.64. The second-order valence-electron chi connectivity index (χ2n) is 6.54. The van der Waals surface area contributed by atoms with E-state index in [4.69, 9.17) is 4.52 Å². The fourth-order valence-corrected chi connectivity index (χ4v) is 4.41. The number of piperazine rings is 1. The Balaban J connectivity index is 1.73. The first kappa shape index (κ1) is 18.6. The summed E-state index contributed by atoms with van der Waals surface area (Å²) >= 11 is 0. The molecule has 0 unspecified atom stereocenters. The van der Waals surface area contributed by atoms with E-state index in [9.17, 15) is 13.2 Å². The van der Waals surface area contributed by atoms with Gasteiger partial charge in [-0.1, -0.05) is 5.16 Å². The van der Waals surface area contributed by atoms with Crippen molar-refractivity contribution in [3.05, 3.63) is 41.3 Å². The third-order valence-corrected chi connectivity index (χ3v) is 6.50. The number of amides is 1.